The molecule has 0 aromatic heterocycles. The van der Waals surface area contributed by atoms with Crippen molar-refractivity contribution in [2.75, 3.05) is 72.7 Å². The van der Waals surface area contributed by atoms with Crippen LogP contribution in [0.1, 0.15) is 6.42 Å². The topological polar surface area (TPSA) is 66.4 Å². The third-order valence-electron chi connectivity index (χ3n) is 4.28. The Labute approximate surface area is 201 Å². The van der Waals surface area contributed by atoms with E-state index in [2.05, 4.69) is 4.74 Å². The summed E-state index contributed by atoms with van der Waals surface area (Å²) in [6, 6.07) is 0. The Morgan fingerprint density at radius 3 is 1.00 bits per heavy atom. The average molecular weight is 584 g/mol. The zero-order valence-electron chi connectivity index (χ0n) is 18.9. The molecule has 0 saturated heterocycles. The van der Waals surface area contributed by atoms with Gasteiger partial charge >= 0.3 is 35.8 Å². The van der Waals surface area contributed by atoms with Crippen LogP contribution in [0.5, 0.6) is 0 Å². The summed E-state index contributed by atoms with van der Waals surface area (Å²) in [6.45, 7) is -1.56. The van der Waals surface area contributed by atoms with E-state index in [0.29, 0.717) is 0 Å². The molecule has 0 unspecified atom stereocenters. The van der Waals surface area contributed by atoms with Crippen LogP contribution in [-0.2, 0) is 23.7 Å². The van der Waals surface area contributed by atoms with Gasteiger partial charge in [0, 0.05) is 6.42 Å². The summed E-state index contributed by atoms with van der Waals surface area (Å²) in [5.41, 5.74) is 0. The van der Waals surface area contributed by atoms with Crippen LogP contribution in [0, 0.1) is 0 Å². The molecule has 0 rings (SSSR count). The second-order valence-electron chi connectivity index (χ2n) is 7.04. The van der Waals surface area contributed by atoms with Crippen molar-refractivity contribution in [3.63, 3.8) is 0 Å². The molecule has 0 aliphatic rings. The van der Waals surface area contributed by atoms with Gasteiger partial charge in [-0.05, 0) is 0 Å². The minimum absolute atomic E-state index is 0.0283. The Morgan fingerprint density at radius 2 is 0.676 bits per heavy atom. The van der Waals surface area contributed by atoms with Gasteiger partial charge in [0.25, 0.3) is 0 Å². The Kier molecular flexibility index (Phi) is 14.4. The Balaban J connectivity index is 4.37. The lowest BCUT2D eigenvalue weighted by Crippen LogP contribution is -2.70. The molecular weight excluding hydrogens is 559 g/mol. The lowest BCUT2D eigenvalue weighted by Gasteiger charge is -2.39. The number of aliphatic hydroxyl groups is 1. The highest BCUT2D eigenvalue weighted by Crippen LogP contribution is 2.60. The van der Waals surface area contributed by atoms with E-state index >= 15 is 0 Å². The minimum atomic E-state index is -7.91. The predicted molar refractivity (Wildman–Crippen MR) is 96.6 cm³/mol. The summed E-state index contributed by atoms with van der Waals surface area (Å²) < 4.78 is 193. The van der Waals surface area contributed by atoms with Crippen LogP contribution in [0.3, 0.4) is 0 Å². The number of hydrogen-bond acceptors (Lipinski definition) is 6. The fourth-order valence-electron chi connectivity index (χ4n) is 2.21. The first kappa shape index (κ1) is 35.9. The Morgan fingerprint density at radius 1 is 0.378 bits per heavy atom. The summed E-state index contributed by atoms with van der Waals surface area (Å²) in [5, 5.41) is 8.46. The van der Waals surface area contributed by atoms with E-state index in [1.807, 2.05) is 0 Å². The maximum Gasteiger partial charge on any atom is 0.460 e. The average Bonchev–Trinajstić information content (AvgIpc) is 2.77. The molecule has 0 aliphatic heterocycles. The summed E-state index contributed by atoms with van der Waals surface area (Å²) in [7, 11) is 0. The van der Waals surface area contributed by atoms with Crippen molar-refractivity contribution in [2.24, 2.45) is 0 Å². The van der Waals surface area contributed by atoms with Crippen LogP contribution in [0.15, 0.2) is 0 Å². The SMILES string of the molecule is OCCOCCOCCOCCOCCOCCC(F)(F)C(F)(F)C(F)(F)C(F)(F)C(F)(F)C(F)(F)F. The monoisotopic (exact) mass is 584 g/mol. The summed E-state index contributed by atoms with van der Waals surface area (Å²) >= 11 is 0. The Bertz CT molecular complexity index is 632. The molecule has 0 saturated carbocycles. The Hall–Kier alpha value is -1.15. The van der Waals surface area contributed by atoms with Crippen molar-refractivity contribution in [3.05, 3.63) is 0 Å². The number of rotatable bonds is 21. The van der Waals surface area contributed by atoms with Crippen LogP contribution < -0.4 is 0 Å². The molecule has 6 nitrogen and oxygen atoms in total. The third kappa shape index (κ3) is 9.52. The van der Waals surface area contributed by atoms with Gasteiger partial charge in [0.2, 0.25) is 0 Å². The molecular formula is C18H25F13O6. The van der Waals surface area contributed by atoms with Crippen molar-refractivity contribution in [1.82, 2.24) is 0 Å². The van der Waals surface area contributed by atoms with E-state index in [4.69, 9.17) is 24.1 Å². The standard InChI is InChI=1S/C18H25F13O6/c19-13(20,14(21,22)15(23,24)16(25,26)17(27,28)18(29,30)31)1-3-33-5-7-35-9-11-37-12-10-36-8-6-34-4-2-32/h32H,1-12H2. The highest BCUT2D eigenvalue weighted by molar-refractivity contribution is 5.10. The van der Waals surface area contributed by atoms with Crippen molar-refractivity contribution >= 4 is 0 Å². The number of alkyl halides is 13. The van der Waals surface area contributed by atoms with Crippen LogP contribution in [-0.4, -0.2) is 114 Å². The molecule has 0 atom stereocenters. The van der Waals surface area contributed by atoms with Gasteiger partial charge in [-0.1, -0.05) is 0 Å². The molecule has 37 heavy (non-hydrogen) atoms. The number of ether oxygens (including phenoxy) is 5. The lowest BCUT2D eigenvalue weighted by molar-refractivity contribution is -0.440. The van der Waals surface area contributed by atoms with Gasteiger partial charge < -0.3 is 28.8 Å². The van der Waals surface area contributed by atoms with E-state index < -0.39 is 55.4 Å². The molecule has 0 aliphatic carbocycles. The van der Waals surface area contributed by atoms with Gasteiger partial charge in [-0.2, -0.15) is 57.1 Å². The van der Waals surface area contributed by atoms with E-state index in [9.17, 15) is 57.1 Å². The minimum Gasteiger partial charge on any atom is -0.394 e. The van der Waals surface area contributed by atoms with E-state index in [0.717, 1.165) is 0 Å². The largest absolute Gasteiger partial charge is 0.460 e. The van der Waals surface area contributed by atoms with Crippen LogP contribution in [0.25, 0.3) is 0 Å². The number of hydrogen-bond donors (Lipinski definition) is 1. The van der Waals surface area contributed by atoms with Gasteiger partial charge in [0.1, 0.15) is 0 Å². The second kappa shape index (κ2) is 14.9. The predicted octanol–water partition coefficient (Wildman–Crippen LogP) is 4.19. The zero-order chi connectivity index (χ0) is 29.0. The van der Waals surface area contributed by atoms with Gasteiger partial charge in [-0.3, -0.25) is 0 Å². The molecule has 0 spiro atoms. The van der Waals surface area contributed by atoms with Gasteiger partial charge in [-0.25, -0.2) is 0 Å². The molecule has 0 amide bonds. The second-order valence-corrected chi connectivity index (χ2v) is 7.04. The van der Waals surface area contributed by atoms with E-state index in [-0.39, 0.29) is 59.5 Å². The van der Waals surface area contributed by atoms with Crippen LogP contribution in [0.4, 0.5) is 57.1 Å². The lowest BCUT2D eigenvalue weighted by atomic mass is 9.93. The first-order valence-electron chi connectivity index (χ1n) is 10.3. The quantitative estimate of drug-likeness (QED) is 0.161. The van der Waals surface area contributed by atoms with Crippen LogP contribution >= 0.6 is 0 Å². The molecule has 1 N–H and O–H groups in total. The maximum atomic E-state index is 13.5. The summed E-state index contributed by atoms with van der Waals surface area (Å²) in [5.74, 6) is -36.9. The van der Waals surface area contributed by atoms with E-state index in [1.54, 1.807) is 0 Å². The van der Waals surface area contributed by atoms with Gasteiger partial charge in [0.05, 0.1) is 72.7 Å². The number of halogens is 13. The van der Waals surface area contributed by atoms with Crippen molar-refractivity contribution < 1.29 is 85.9 Å². The summed E-state index contributed by atoms with van der Waals surface area (Å²) in [6.07, 6.45) is -9.86. The fraction of sp³-hybridized carbons (Fsp3) is 1.00. The van der Waals surface area contributed by atoms with Crippen molar-refractivity contribution in [1.29, 1.82) is 0 Å². The van der Waals surface area contributed by atoms with Gasteiger partial charge in [0.15, 0.2) is 0 Å². The van der Waals surface area contributed by atoms with Crippen molar-refractivity contribution in [3.8, 4) is 0 Å². The van der Waals surface area contributed by atoms with E-state index in [1.165, 1.54) is 0 Å². The fourth-order valence-corrected chi connectivity index (χ4v) is 2.21. The molecule has 0 radical (unpaired) electrons. The normalized spacial score (nSPS) is 14.4. The molecule has 0 aromatic rings. The molecule has 0 heterocycles. The maximum absolute atomic E-state index is 13.5. The molecule has 0 fully saturated rings. The molecule has 0 bridgehead atoms. The van der Waals surface area contributed by atoms with Crippen molar-refractivity contribution in [2.45, 2.75) is 42.2 Å². The first-order chi connectivity index (χ1) is 16.8. The highest BCUT2D eigenvalue weighted by Gasteiger charge is 2.90. The smallest absolute Gasteiger partial charge is 0.394 e. The van der Waals surface area contributed by atoms with Crippen LogP contribution in [0.2, 0.25) is 0 Å². The first-order valence-corrected chi connectivity index (χ1v) is 10.3. The summed E-state index contributed by atoms with van der Waals surface area (Å²) in [4.78, 5) is 0. The zero-order valence-corrected chi connectivity index (χ0v) is 18.9. The number of aliphatic hydroxyl groups excluding tert-OH is 1. The van der Waals surface area contributed by atoms with Gasteiger partial charge in [-0.15, -0.1) is 0 Å². The molecule has 224 valence electrons. The highest BCUT2D eigenvalue weighted by atomic mass is 19.4. The molecule has 19 heteroatoms. The molecule has 0 aromatic carbocycles. The third-order valence-corrected chi connectivity index (χ3v) is 4.28.